The smallest absolute Gasteiger partial charge is 0.240 e. The van der Waals surface area contributed by atoms with Crippen molar-refractivity contribution in [2.45, 2.75) is 6.42 Å². The van der Waals surface area contributed by atoms with E-state index in [1.807, 2.05) is 42.5 Å². The number of hydrogen-bond acceptors (Lipinski definition) is 6. The van der Waals surface area contributed by atoms with E-state index in [1.165, 1.54) is 12.1 Å². The molecule has 0 radical (unpaired) electrons. The number of aromatic nitrogens is 1. The maximum atomic E-state index is 13.9. The average molecular weight is 542 g/mol. The van der Waals surface area contributed by atoms with Crippen LogP contribution in [0.4, 0.5) is 15.8 Å². The summed E-state index contributed by atoms with van der Waals surface area (Å²) in [5, 5.41) is 11.6. The summed E-state index contributed by atoms with van der Waals surface area (Å²) >= 11 is 0. The van der Waals surface area contributed by atoms with E-state index in [2.05, 4.69) is 21.8 Å². The highest BCUT2D eigenvalue weighted by Gasteiger charge is 2.22. The molecule has 3 aromatic carbocycles. The SMILES string of the molecule is CN1CCN(CC(=O)N(C)c2ccc(N=C(c3ccc4c(c3)CCO4)c3c(O)[nH]c4cc(F)ccc34)cc2)CC1. The number of nitrogens with one attached hydrogen (secondary N) is 1. The van der Waals surface area contributed by atoms with Crippen LogP contribution in [0.5, 0.6) is 11.6 Å². The number of amides is 1. The Balaban J connectivity index is 1.32. The van der Waals surface area contributed by atoms with Crippen LogP contribution in [-0.2, 0) is 11.2 Å². The van der Waals surface area contributed by atoms with Crippen LogP contribution in [0.2, 0.25) is 0 Å². The molecule has 6 rings (SSSR count). The Morgan fingerprint density at radius 2 is 1.85 bits per heavy atom. The van der Waals surface area contributed by atoms with Gasteiger partial charge in [-0.25, -0.2) is 9.38 Å². The van der Waals surface area contributed by atoms with Crippen molar-refractivity contribution in [3.8, 4) is 11.6 Å². The van der Waals surface area contributed by atoms with Crippen LogP contribution in [0.1, 0.15) is 16.7 Å². The number of H-pyrrole nitrogens is 1. The second-order valence-electron chi connectivity index (χ2n) is 10.5. The molecule has 2 aliphatic rings. The number of halogens is 1. The topological polar surface area (TPSA) is 84.4 Å². The van der Waals surface area contributed by atoms with Crippen molar-refractivity contribution < 1.29 is 19.0 Å². The van der Waals surface area contributed by atoms with E-state index in [1.54, 1.807) is 18.0 Å². The van der Waals surface area contributed by atoms with Crippen molar-refractivity contribution in [2.75, 3.05) is 58.3 Å². The highest BCUT2D eigenvalue weighted by Crippen LogP contribution is 2.34. The molecule has 0 bridgehead atoms. The molecule has 0 unspecified atom stereocenters. The fourth-order valence-corrected chi connectivity index (χ4v) is 5.32. The Bertz CT molecular complexity index is 1590. The van der Waals surface area contributed by atoms with Gasteiger partial charge in [-0.3, -0.25) is 9.69 Å². The lowest BCUT2D eigenvalue weighted by atomic mass is 9.98. The highest BCUT2D eigenvalue weighted by atomic mass is 19.1. The lowest BCUT2D eigenvalue weighted by molar-refractivity contribution is -0.119. The van der Waals surface area contributed by atoms with Gasteiger partial charge in [-0.15, -0.1) is 0 Å². The van der Waals surface area contributed by atoms with Gasteiger partial charge >= 0.3 is 0 Å². The zero-order valence-corrected chi connectivity index (χ0v) is 22.7. The van der Waals surface area contributed by atoms with Gasteiger partial charge in [0.25, 0.3) is 0 Å². The second kappa shape index (κ2) is 10.7. The molecule has 3 heterocycles. The molecule has 40 heavy (non-hydrogen) atoms. The second-order valence-corrected chi connectivity index (χ2v) is 10.5. The number of nitrogens with zero attached hydrogens (tertiary/aromatic N) is 4. The number of carbonyl (C=O) groups is 1. The van der Waals surface area contributed by atoms with Crippen molar-refractivity contribution in [3.63, 3.8) is 0 Å². The monoisotopic (exact) mass is 541 g/mol. The summed E-state index contributed by atoms with van der Waals surface area (Å²) in [6, 6.07) is 17.7. The molecular weight excluding hydrogens is 509 g/mol. The van der Waals surface area contributed by atoms with Crippen LogP contribution in [-0.4, -0.2) is 84.9 Å². The third-order valence-electron chi connectivity index (χ3n) is 7.75. The van der Waals surface area contributed by atoms with E-state index in [-0.39, 0.29) is 11.8 Å². The van der Waals surface area contributed by atoms with E-state index in [9.17, 15) is 14.3 Å². The summed E-state index contributed by atoms with van der Waals surface area (Å²) in [5.74, 6) is 0.414. The van der Waals surface area contributed by atoms with E-state index in [4.69, 9.17) is 9.73 Å². The van der Waals surface area contributed by atoms with E-state index < -0.39 is 5.82 Å². The number of ether oxygens (including phenoxy) is 1. The van der Waals surface area contributed by atoms with Gasteiger partial charge in [-0.2, -0.15) is 0 Å². The molecule has 0 saturated carbocycles. The maximum absolute atomic E-state index is 13.9. The van der Waals surface area contributed by atoms with Gasteiger partial charge in [0.2, 0.25) is 5.91 Å². The van der Waals surface area contributed by atoms with Gasteiger partial charge in [-0.05, 0) is 73.3 Å². The number of piperazine rings is 1. The van der Waals surface area contributed by atoms with E-state index in [0.29, 0.717) is 41.0 Å². The minimum Gasteiger partial charge on any atom is -0.494 e. The molecule has 8 nitrogen and oxygen atoms in total. The molecule has 4 aromatic rings. The summed E-state index contributed by atoms with van der Waals surface area (Å²) in [7, 11) is 3.89. The van der Waals surface area contributed by atoms with Crippen LogP contribution in [0.15, 0.2) is 65.7 Å². The Kier molecular flexibility index (Phi) is 7.00. The average Bonchev–Trinajstić information content (AvgIpc) is 3.55. The van der Waals surface area contributed by atoms with Crippen LogP contribution in [0.25, 0.3) is 10.9 Å². The van der Waals surface area contributed by atoms with Gasteiger partial charge in [0.1, 0.15) is 11.6 Å². The predicted molar refractivity (Wildman–Crippen MR) is 155 cm³/mol. The van der Waals surface area contributed by atoms with E-state index in [0.717, 1.165) is 55.2 Å². The zero-order valence-electron chi connectivity index (χ0n) is 22.7. The first-order valence-corrected chi connectivity index (χ1v) is 13.5. The number of aliphatic imine (C=N–C) groups is 1. The largest absolute Gasteiger partial charge is 0.494 e. The van der Waals surface area contributed by atoms with Crippen molar-refractivity contribution in [2.24, 2.45) is 4.99 Å². The normalized spacial score (nSPS) is 16.2. The highest BCUT2D eigenvalue weighted by molar-refractivity contribution is 6.22. The van der Waals surface area contributed by atoms with Crippen molar-refractivity contribution in [1.82, 2.24) is 14.8 Å². The molecule has 1 fully saturated rings. The molecule has 1 amide bonds. The molecule has 1 aromatic heterocycles. The summed E-state index contributed by atoms with van der Waals surface area (Å²) in [6.07, 6.45) is 0.796. The first kappa shape index (κ1) is 26.0. The molecule has 2 N–H and O–H groups in total. The Morgan fingerprint density at radius 3 is 2.62 bits per heavy atom. The number of benzene rings is 3. The molecule has 0 aliphatic carbocycles. The molecule has 0 atom stereocenters. The lowest BCUT2D eigenvalue weighted by Crippen LogP contribution is -2.48. The van der Waals surface area contributed by atoms with Crippen molar-refractivity contribution >= 4 is 33.9 Å². The lowest BCUT2D eigenvalue weighted by Gasteiger charge is -2.32. The van der Waals surface area contributed by atoms with Crippen molar-refractivity contribution in [3.05, 3.63) is 83.2 Å². The summed E-state index contributed by atoms with van der Waals surface area (Å²) in [4.78, 5) is 26.9. The standard InChI is InChI=1S/C31H32FN5O3/c1-35-12-14-37(15-13-35)19-28(38)36(2)24-7-5-23(6-8-24)33-30(21-3-10-27-20(17-21)11-16-40-27)29-25-9-4-22(32)18-26(25)34-31(29)39/h3-10,17-18,34,39H,11-16,19H2,1-2H3. The number of aromatic amines is 1. The summed E-state index contributed by atoms with van der Waals surface area (Å²) in [5.41, 5.74) is 4.86. The first-order valence-electron chi connectivity index (χ1n) is 13.5. The quantitative estimate of drug-likeness (QED) is 0.355. The fourth-order valence-electron chi connectivity index (χ4n) is 5.32. The van der Waals surface area contributed by atoms with Crippen LogP contribution in [0.3, 0.4) is 0 Å². The maximum Gasteiger partial charge on any atom is 0.240 e. The number of anilines is 1. The minimum absolute atomic E-state index is 0.0396. The minimum atomic E-state index is -0.393. The van der Waals surface area contributed by atoms with Crippen LogP contribution < -0.4 is 9.64 Å². The molecule has 1 saturated heterocycles. The van der Waals surface area contributed by atoms with Crippen LogP contribution in [0, 0.1) is 5.82 Å². The van der Waals surface area contributed by atoms with Gasteiger partial charge in [0.15, 0.2) is 5.88 Å². The number of carbonyl (C=O) groups excluding carboxylic acids is 1. The van der Waals surface area contributed by atoms with Crippen LogP contribution >= 0.6 is 0 Å². The first-order chi connectivity index (χ1) is 19.4. The van der Waals surface area contributed by atoms with Gasteiger partial charge < -0.3 is 24.6 Å². The molecular formula is C31H32FN5O3. The number of rotatable bonds is 6. The number of likely N-dealkylation sites (N-methyl/N-ethyl adjacent to an activating group) is 2. The molecule has 0 spiro atoms. The Morgan fingerprint density at radius 1 is 1.07 bits per heavy atom. The molecule has 9 heteroatoms. The number of fused-ring (bicyclic) bond motifs is 2. The molecule has 206 valence electrons. The third kappa shape index (κ3) is 5.17. The number of aromatic hydroxyl groups is 1. The number of hydrogen-bond donors (Lipinski definition) is 2. The fraction of sp³-hybridized carbons (Fsp3) is 0.290. The zero-order chi connectivity index (χ0) is 27.8. The van der Waals surface area contributed by atoms with Gasteiger partial charge in [-0.1, -0.05) is 0 Å². The Labute approximate surface area is 232 Å². The van der Waals surface area contributed by atoms with Gasteiger partial charge in [0.05, 0.1) is 35.6 Å². The van der Waals surface area contributed by atoms with E-state index >= 15 is 0 Å². The predicted octanol–water partition coefficient (Wildman–Crippen LogP) is 4.33. The molecule has 2 aliphatic heterocycles. The summed E-state index contributed by atoms with van der Waals surface area (Å²) in [6.45, 7) is 4.71. The van der Waals surface area contributed by atoms with Gasteiger partial charge in [0, 0.05) is 56.3 Å². The van der Waals surface area contributed by atoms with Crippen molar-refractivity contribution in [1.29, 1.82) is 0 Å². The third-order valence-corrected chi connectivity index (χ3v) is 7.75. The summed E-state index contributed by atoms with van der Waals surface area (Å²) < 4.78 is 19.6. The Hall–Kier alpha value is -4.21.